The van der Waals surface area contributed by atoms with Crippen molar-refractivity contribution in [2.45, 2.75) is 32.7 Å². The van der Waals surface area contributed by atoms with Gasteiger partial charge in [-0.25, -0.2) is 0 Å². The van der Waals surface area contributed by atoms with Crippen molar-refractivity contribution < 1.29 is 4.42 Å². The van der Waals surface area contributed by atoms with Crippen molar-refractivity contribution in [3.05, 3.63) is 24.2 Å². The highest BCUT2D eigenvalue weighted by molar-refractivity contribution is 5.16. The first-order valence-electron chi connectivity index (χ1n) is 5.58. The Morgan fingerprint density at radius 1 is 1.64 bits per heavy atom. The molecule has 0 aliphatic heterocycles. The molecule has 1 heterocycles. The summed E-state index contributed by atoms with van der Waals surface area (Å²) in [4.78, 5) is 0. The predicted octanol–water partition coefficient (Wildman–Crippen LogP) is 2.98. The van der Waals surface area contributed by atoms with Gasteiger partial charge in [0.1, 0.15) is 0 Å². The van der Waals surface area contributed by atoms with Crippen LogP contribution in [-0.4, -0.2) is 6.54 Å². The maximum atomic E-state index is 5.15. The van der Waals surface area contributed by atoms with Gasteiger partial charge in [-0.2, -0.15) is 0 Å². The lowest BCUT2D eigenvalue weighted by atomic mass is 10.0. The van der Waals surface area contributed by atoms with Gasteiger partial charge in [-0.05, 0) is 37.3 Å². The largest absolute Gasteiger partial charge is 0.472 e. The zero-order chi connectivity index (χ0) is 9.97. The van der Waals surface area contributed by atoms with Gasteiger partial charge in [0.25, 0.3) is 0 Å². The Labute approximate surface area is 85.7 Å². The van der Waals surface area contributed by atoms with Crippen molar-refractivity contribution in [3.8, 4) is 0 Å². The summed E-state index contributed by atoms with van der Waals surface area (Å²) >= 11 is 0. The molecule has 14 heavy (non-hydrogen) atoms. The van der Waals surface area contributed by atoms with Crippen LogP contribution in [0.2, 0.25) is 0 Å². The molecular weight excluding hydrogens is 174 g/mol. The SMILES string of the molecule is CCCNC(c1ccoc1)C1CC1C. The molecule has 1 aromatic heterocycles. The molecule has 0 bridgehead atoms. The zero-order valence-electron chi connectivity index (χ0n) is 8.99. The predicted molar refractivity (Wildman–Crippen MR) is 57.0 cm³/mol. The zero-order valence-corrected chi connectivity index (χ0v) is 8.99. The van der Waals surface area contributed by atoms with Crippen molar-refractivity contribution in [1.82, 2.24) is 5.32 Å². The molecule has 1 N–H and O–H groups in total. The Kier molecular flexibility index (Phi) is 2.92. The van der Waals surface area contributed by atoms with Crippen LogP contribution in [0.5, 0.6) is 0 Å². The van der Waals surface area contributed by atoms with Crippen molar-refractivity contribution in [2.24, 2.45) is 11.8 Å². The molecule has 1 fully saturated rings. The molecule has 2 heteroatoms. The fourth-order valence-corrected chi connectivity index (χ4v) is 2.08. The minimum absolute atomic E-state index is 0.517. The van der Waals surface area contributed by atoms with Gasteiger partial charge in [-0.1, -0.05) is 13.8 Å². The smallest absolute Gasteiger partial charge is 0.0950 e. The van der Waals surface area contributed by atoms with E-state index in [0.717, 1.165) is 18.4 Å². The third kappa shape index (κ3) is 2.01. The van der Waals surface area contributed by atoms with E-state index in [0.29, 0.717) is 6.04 Å². The summed E-state index contributed by atoms with van der Waals surface area (Å²) in [6.07, 6.45) is 6.18. The summed E-state index contributed by atoms with van der Waals surface area (Å²) in [5.74, 6) is 1.69. The van der Waals surface area contributed by atoms with Gasteiger partial charge < -0.3 is 9.73 Å². The minimum Gasteiger partial charge on any atom is -0.472 e. The van der Waals surface area contributed by atoms with Crippen molar-refractivity contribution in [1.29, 1.82) is 0 Å². The first-order chi connectivity index (χ1) is 6.83. The Morgan fingerprint density at radius 2 is 2.43 bits per heavy atom. The Morgan fingerprint density at radius 3 is 2.93 bits per heavy atom. The number of hydrogen-bond donors (Lipinski definition) is 1. The Balaban J connectivity index is 1.99. The van der Waals surface area contributed by atoms with Crippen LogP contribution in [0.1, 0.15) is 38.3 Å². The van der Waals surface area contributed by atoms with Gasteiger partial charge in [0, 0.05) is 11.6 Å². The lowest BCUT2D eigenvalue weighted by Crippen LogP contribution is -2.23. The second-order valence-electron chi connectivity index (χ2n) is 4.37. The Hall–Kier alpha value is -0.760. The molecule has 78 valence electrons. The van der Waals surface area contributed by atoms with Crippen LogP contribution in [-0.2, 0) is 0 Å². The molecule has 0 spiro atoms. The van der Waals surface area contributed by atoms with E-state index in [1.165, 1.54) is 18.4 Å². The van der Waals surface area contributed by atoms with E-state index in [9.17, 15) is 0 Å². The highest BCUT2D eigenvalue weighted by atomic mass is 16.3. The van der Waals surface area contributed by atoms with Gasteiger partial charge in [-0.3, -0.25) is 0 Å². The van der Waals surface area contributed by atoms with Crippen LogP contribution in [0.4, 0.5) is 0 Å². The Bertz CT molecular complexity index is 268. The standard InChI is InChI=1S/C12H19NO/c1-3-5-13-12(11-7-9(11)2)10-4-6-14-8-10/h4,6,8-9,11-13H,3,5,7H2,1-2H3. The van der Waals surface area contributed by atoms with Gasteiger partial charge in [0.15, 0.2) is 0 Å². The van der Waals surface area contributed by atoms with E-state index in [1.807, 2.05) is 6.26 Å². The number of nitrogens with one attached hydrogen (secondary N) is 1. The summed E-state index contributed by atoms with van der Waals surface area (Å²) in [6, 6.07) is 2.60. The van der Waals surface area contributed by atoms with Crippen LogP contribution in [0.25, 0.3) is 0 Å². The number of rotatable bonds is 5. The molecule has 0 radical (unpaired) electrons. The molecule has 1 saturated carbocycles. The molecular formula is C12H19NO. The van der Waals surface area contributed by atoms with Gasteiger partial charge >= 0.3 is 0 Å². The monoisotopic (exact) mass is 193 g/mol. The van der Waals surface area contributed by atoms with E-state index in [4.69, 9.17) is 4.42 Å². The topological polar surface area (TPSA) is 25.2 Å². The van der Waals surface area contributed by atoms with Crippen molar-refractivity contribution in [3.63, 3.8) is 0 Å². The number of hydrogen-bond acceptors (Lipinski definition) is 2. The van der Waals surface area contributed by atoms with Crippen molar-refractivity contribution in [2.75, 3.05) is 6.54 Å². The summed E-state index contributed by atoms with van der Waals surface area (Å²) in [6.45, 7) is 5.63. The van der Waals surface area contributed by atoms with Gasteiger partial charge in [0.05, 0.1) is 12.5 Å². The lowest BCUT2D eigenvalue weighted by molar-refractivity contribution is 0.456. The first kappa shape index (κ1) is 9.78. The second-order valence-corrected chi connectivity index (χ2v) is 4.37. The molecule has 1 aliphatic rings. The summed E-state index contributed by atoms with van der Waals surface area (Å²) in [7, 11) is 0. The number of furan rings is 1. The molecule has 3 unspecified atom stereocenters. The quantitative estimate of drug-likeness (QED) is 0.777. The average molecular weight is 193 g/mol. The normalized spacial score (nSPS) is 27.6. The third-order valence-corrected chi connectivity index (χ3v) is 3.12. The summed E-state index contributed by atoms with van der Waals surface area (Å²) in [5, 5.41) is 3.60. The van der Waals surface area contributed by atoms with Crippen LogP contribution >= 0.6 is 0 Å². The van der Waals surface area contributed by atoms with E-state index in [-0.39, 0.29) is 0 Å². The lowest BCUT2D eigenvalue weighted by Gasteiger charge is -2.16. The highest BCUT2D eigenvalue weighted by Gasteiger charge is 2.40. The minimum atomic E-state index is 0.517. The van der Waals surface area contributed by atoms with Gasteiger partial charge in [0.2, 0.25) is 0 Å². The van der Waals surface area contributed by atoms with Crippen LogP contribution in [0.3, 0.4) is 0 Å². The van der Waals surface area contributed by atoms with Crippen LogP contribution in [0, 0.1) is 11.8 Å². The van der Waals surface area contributed by atoms with Crippen molar-refractivity contribution >= 4 is 0 Å². The molecule has 0 amide bonds. The summed E-state index contributed by atoms with van der Waals surface area (Å²) in [5.41, 5.74) is 1.31. The van der Waals surface area contributed by atoms with E-state index in [2.05, 4.69) is 25.2 Å². The molecule has 2 rings (SSSR count). The molecule has 0 aromatic carbocycles. The van der Waals surface area contributed by atoms with Crippen LogP contribution in [0.15, 0.2) is 23.0 Å². The molecule has 2 nitrogen and oxygen atoms in total. The van der Waals surface area contributed by atoms with E-state index in [1.54, 1.807) is 6.26 Å². The fourth-order valence-electron chi connectivity index (χ4n) is 2.08. The molecule has 1 aliphatic carbocycles. The van der Waals surface area contributed by atoms with Crippen LogP contribution < -0.4 is 5.32 Å². The maximum Gasteiger partial charge on any atom is 0.0950 e. The van der Waals surface area contributed by atoms with Gasteiger partial charge in [-0.15, -0.1) is 0 Å². The molecule has 1 aromatic rings. The highest BCUT2D eigenvalue weighted by Crippen LogP contribution is 2.46. The van der Waals surface area contributed by atoms with E-state index >= 15 is 0 Å². The summed E-state index contributed by atoms with van der Waals surface area (Å²) < 4.78 is 5.15. The first-order valence-corrected chi connectivity index (χ1v) is 5.58. The van der Waals surface area contributed by atoms with E-state index < -0.39 is 0 Å². The molecule has 3 atom stereocenters. The molecule has 0 saturated heterocycles. The maximum absolute atomic E-state index is 5.15. The second kappa shape index (κ2) is 4.18. The fraction of sp³-hybridized carbons (Fsp3) is 0.667. The average Bonchev–Trinajstić information content (AvgIpc) is 2.71. The third-order valence-electron chi connectivity index (χ3n) is 3.12.